The monoisotopic (exact) mass is 348 g/mol. The first kappa shape index (κ1) is 15.0. The SMILES string of the molecule is N#CC(=C1Nc2ccccc2S1)S(=O)(=O)c1ccc(Cl)cc1. The fourth-order valence-electron chi connectivity index (χ4n) is 1.98. The van der Waals surface area contributed by atoms with Crippen molar-refractivity contribution < 1.29 is 8.42 Å². The van der Waals surface area contributed by atoms with Crippen molar-refractivity contribution in [2.24, 2.45) is 0 Å². The van der Waals surface area contributed by atoms with Gasteiger partial charge >= 0.3 is 0 Å². The molecule has 7 heteroatoms. The Morgan fingerprint density at radius 1 is 1.14 bits per heavy atom. The van der Waals surface area contributed by atoms with Crippen molar-refractivity contribution in [2.75, 3.05) is 5.32 Å². The largest absolute Gasteiger partial charge is 0.347 e. The Bertz CT molecular complexity index is 886. The lowest BCUT2D eigenvalue weighted by molar-refractivity contribution is 0.603. The molecule has 0 atom stereocenters. The zero-order chi connectivity index (χ0) is 15.7. The van der Waals surface area contributed by atoms with Crippen LogP contribution in [0.4, 0.5) is 5.69 Å². The Labute approximate surface area is 137 Å². The van der Waals surface area contributed by atoms with E-state index < -0.39 is 9.84 Å². The van der Waals surface area contributed by atoms with Crippen molar-refractivity contribution in [1.82, 2.24) is 0 Å². The van der Waals surface area contributed by atoms with Crippen LogP contribution >= 0.6 is 23.4 Å². The van der Waals surface area contributed by atoms with Crippen molar-refractivity contribution in [2.45, 2.75) is 9.79 Å². The Morgan fingerprint density at radius 2 is 1.82 bits per heavy atom. The molecule has 1 aliphatic heterocycles. The number of nitrogens with zero attached hydrogens (tertiary/aromatic N) is 1. The molecule has 0 aromatic heterocycles. The van der Waals surface area contributed by atoms with Crippen LogP contribution in [0.15, 0.2) is 68.3 Å². The van der Waals surface area contributed by atoms with Crippen LogP contribution in [0.3, 0.4) is 0 Å². The minimum Gasteiger partial charge on any atom is -0.347 e. The molecule has 4 nitrogen and oxygen atoms in total. The molecule has 0 unspecified atom stereocenters. The number of nitriles is 1. The van der Waals surface area contributed by atoms with Gasteiger partial charge in [0.1, 0.15) is 11.1 Å². The number of nitrogens with one attached hydrogen (secondary N) is 1. The van der Waals surface area contributed by atoms with Gasteiger partial charge in [-0.3, -0.25) is 0 Å². The number of para-hydroxylation sites is 1. The molecule has 1 N–H and O–H groups in total. The highest BCUT2D eigenvalue weighted by molar-refractivity contribution is 8.05. The summed E-state index contributed by atoms with van der Waals surface area (Å²) in [5, 5.41) is 13.1. The summed E-state index contributed by atoms with van der Waals surface area (Å²) in [6.45, 7) is 0. The minimum absolute atomic E-state index is 0.0410. The van der Waals surface area contributed by atoms with E-state index in [0.717, 1.165) is 10.6 Å². The lowest BCUT2D eigenvalue weighted by Gasteiger charge is -2.06. The third kappa shape index (κ3) is 2.59. The van der Waals surface area contributed by atoms with Crippen LogP contribution in [-0.4, -0.2) is 8.42 Å². The number of anilines is 1. The van der Waals surface area contributed by atoms with Crippen molar-refractivity contribution in [3.63, 3.8) is 0 Å². The molecular weight excluding hydrogens is 340 g/mol. The van der Waals surface area contributed by atoms with E-state index in [1.54, 1.807) is 0 Å². The molecule has 0 saturated carbocycles. The molecule has 22 heavy (non-hydrogen) atoms. The van der Waals surface area contributed by atoms with Crippen LogP contribution in [0.25, 0.3) is 0 Å². The third-order valence-electron chi connectivity index (χ3n) is 3.05. The number of hydrogen-bond acceptors (Lipinski definition) is 5. The number of halogens is 1. The number of sulfone groups is 1. The van der Waals surface area contributed by atoms with Crippen LogP contribution in [0.1, 0.15) is 0 Å². The van der Waals surface area contributed by atoms with Gasteiger partial charge in [-0.1, -0.05) is 35.5 Å². The maximum absolute atomic E-state index is 12.6. The normalized spacial score (nSPS) is 15.6. The summed E-state index contributed by atoms with van der Waals surface area (Å²) >= 11 is 7.01. The van der Waals surface area contributed by atoms with Gasteiger partial charge in [0, 0.05) is 9.92 Å². The summed E-state index contributed by atoms with van der Waals surface area (Å²) in [4.78, 5) is 0.631. The van der Waals surface area contributed by atoms with E-state index >= 15 is 0 Å². The Hall–Kier alpha value is -1.94. The van der Waals surface area contributed by atoms with Crippen LogP contribution < -0.4 is 5.32 Å². The molecule has 0 saturated heterocycles. The average Bonchev–Trinajstić information content (AvgIpc) is 2.91. The number of fused-ring (bicyclic) bond motifs is 1. The second kappa shape index (κ2) is 5.69. The van der Waals surface area contributed by atoms with Gasteiger partial charge in [0.15, 0.2) is 4.91 Å². The standard InChI is InChI=1S/C15H9ClN2O2S2/c16-10-5-7-11(8-6-10)22(19,20)14(9-17)15-18-12-3-1-2-4-13(12)21-15/h1-8,18H. The molecule has 1 heterocycles. The van der Waals surface area contributed by atoms with Gasteiger partial charge in [-0.05, 0) is 36.4 Å². The summed E-state index contributed by atoms with van der Waals surface area (Å²) in [5.41, 5.74) is 0.793. The summed E-state index contributed by atoms with van der Waals surface area (Å²) in [7, 11) is -3.89. The van der Waals surface area contributed by atoms with Crippen LogP contribution in [0.2, 0.25) is 5.02 Å². The first-order valence-electron chi connectivity index (χ1n) is 6.21. The molecule has 0 amide bonds. The van der Waals surface area contributed by atoms with Gasteiger partial charge in [-0.25, -0.2) is 8.42 Å². The Morgan fingerprint density at radius 3 is 2.45 bits per heavy atom. The highest BCUT2D eigenvalue weighted by Gasteiger charge is 2.28. The zero-order valence-corrected chi connectivity index (χ0v) is 13.5. The van der Waals surface area contributed by atoms with E-state index in [4.69, 9.17) is 11.6 Å². The van der Waals surface area contributed by atoms with E-state index in [-0.39, 0.29) is 9.80 Å². The lowest BCUT2D eigenvalue weighted by Crippen LogP contribution is -2.07. The quantitative estimate of drug-likeness (QED) is 0.830. The maximum atomic E-state index is 12.6. The van der Waals surface area contributed by atoms with E-state index in [2.05, 4.69) is 5.32 Å². The Balaban J connectivity index is 2.08. The fraction of sp³-hybridized carbons (Fsp3) is 0. The van der Waals surface area contributed by atoms with E-state index in [1.165, 1.54) is 36.0 Å². The van der Waals surface area contributed by atoms with Gasteiger partial charge in [0.05, 0.1) is 10.6 Å². The predicted octanol–water partition coefficient (Wildman–Crippen LogP) is 4.02. The average molecular weight is 349 g/mol. The lowest BCUT2D eigenvalue weighted by atomic mass is 10.3. The summed E-state index contributed by atoms with van der Waals surface area (Å²) < 4.78 is 25.3. The van der Waals surface area contributed by atoms with Crippen LogP contribution in [0.5, 0.6) is 0 Å². The molecule has 0 radical (unpaired) electrons. The van der Waals surface area contributed by atoms with Crippen LogP contribution in [0, 0.1) is 11.3 Å². The van der Waals surface area contributed by atoms with E-state index in [9.17, 15) is 13.7 Å². The third-order valence-corrected chi connectivity index (χ3v) is 6.24. The number of allylic oxidation sites excluding steroid dienone is 1. The molecule has 0 spiro atoms. The van der Waals surface area contributed by atoms with Gasteiger partial charge in [-0.2, -0.15) is 5.26 Å². The number of thioether (sulfide) groups is 1. The van der Waals surface area contributed by atoms with Gasteiger partial charge in [0.25, 0.3) is 0 Å². The maximum Gasteiger partial charge on any atom is 0.219 e. The van der Waals surface area contributed by atoms with Crippen molar-refractivity contribution in [3.8, 4) is 6.07 Å². The molecule has 2 aromatic carbocycles. The van der Waals surface area contributed by atoms with Crippen LogP contribution in [-0.2, 0) is 9.84 Å². The molecule has 0 aliphatic carbocycles. The molecular formula is C15H9ClN2O2S2. The van der Waals surface area contributed by atoms with Crippen molar-refractivity contribution in [3.05, 3.63) is 63.5 Å². The second-order valence-corrected chi connectivity index (χ2v) is 7.83. The zero-order valence-electron chi connectivity index (χ0n) is 11.1. The molecule has 1 aliphatic rings. The van der Waals surface area contributed by atoms with Crippen molar-refractivity contribution in [1.29, 1.82) is 5.26 Å². The number of benzene rings is 2. The highest BCUT2D eigenvalue weighted by atomic mass is 35.5. The molecule has 3 rings (SSSR count). The van der Waals surface area contributed by atoms with E-state index in [0.29, 0.717) is 10.1 Å². The van der Waals surface area contributed by atoms with E-state index in [1.807, 2.05) is 30.3 Å². The summed E-state index contributed by atoms with van der Waals surface area (Å²) in [5.74, 6) is 0. The van der Waals surface area contributed by atoms with Gasteiger partial charge in [-0.15, -0.1) is 0 Å². The smallest absolute Gasteiger partial charge is 0.219 e. The summed E-state index contributed by atoms with van der Waals surface area (Å²) in [6.07, 6.45) is 0. The summed E-state index contributed by atoms with van der Waals surface area (Å²) in [6, 6.07) is 15.0. The van der Waals surface area contributed by atoms with Crippen molar-refractivity contribution >= 4 is 38.9 Å². The molecule has 110 valence electrons. The van der Waals surface area contributed by atoms with Gasteiger partial charge in [0.2, 0.25) is 9.84 Å². The minimum atomic E-state index is -3.89. The first-order chi connectivity index (χ1) is 10.5. The first-order valence-corrected chi connectivity index (χ1v) is 8.89. The molecule has 0 fully saturated rings. The number of hydrogen-bond donors (Lipinski definition) is 1. The fourth-order valence-corrected chi connectivity index (χ4v) is 4.60. The topological polar surface area (TPSA) is 70.0 Å². The molecule has 2 aromatic rings. The van der Waals surface area contributed by atoms with Gasteiger partial charge < -0.3 is 5.32 Å². The molecule has 0 bridgehead atoms. The predicted molar refractivity (Wildman–Crippen MR) is 87.2 cm³/mol. The second-order valence-electron chi connectivity index (χ2n) is 4.45. The number of rotatable bonds is 2. The highest BCUT2D eigenvalue weighted by Crippen LogP contribution is 2.43. The Kier molecular flexibility index (Phi) is 3.87.